The molecule has 0 fully saturated rings. The number of nitrogens with zero attached hydrogens (tertiary/aromatic N) is 1. The predicted molar refractivity (Wildman–Crippen MR) is 95.4 cm³/mol. The lowest BCUT2D eigenvalue weighted by Gasteiger charge is -2.28. The van der Waals surface area contributed by atoms with Gasteiger partial charge in [-0.3, -0.25) is 4.79 Å². The summed E-state index contributed by atoms with van der Waals surface area (Å²) in [6, 6.07) is 9.07. The highest BCUT2D eigenvalue weighted by Gasteiger charge is 2.33. The smallest absolute Gasteiger partial charge is 0.420 e. The molecular weight excluding hydrogens is 338 g/mol. The summed E-state index contributed by atoms with van der Waals surface area (Å²) in [6.07, 6.45) is -1.94. The van der Waals surface area contributed by atoms with Crippen LogP contribution in [0.3, 0.4) is 0 Å². The number of ether oxygens (including phenoxy) is 3. The van der Waals surface area contributed by atoms with Gasteiger partial charge in [0.25, 0.3) is 0 Å². The van der Waals surface area contributed by atoms with Crippen molar-refractivity contribution in [3.63, 3.8) is 0 Å². The van der Waals surface area contributed by atoms with Gasteiger partial charge in [0.1, 0.15) is 24.4 Å². The Morgan fingerprint density at radius 3 is 1.73 bits per heavy atom. The Kier molecular flexibility index (Phi) is 7.18. The van der Waals surface area contributed by atoms with Gasteiger partial charge in [0, 0.05) is 0 Å². The normalized spacial score (nSPS) is 11.5. The van der Waals surface area contributed by atoms with Gasteiger partial charge in [-0.05, 0) is 47.1 Å². The number of carbonyl (C=O) groups excluding carboxylic acids is 3. The molecule has 0 saturated heterocycles. The molecule has 0 atom stereocenters. The highest BCUT2D eigenvalue weighted by Crippen LogP contribution is 2.14. The van der Waals surface area contributed by atoms with Gasteiger partial charge < -0.3 is 14.2 Å². The van der Waals surface area contributed by atoms with E-state index >= 15 is 0 Å². The average molecular weight is 365 g/mol. The molecule has 1 aromatic carbocycles. The van der Waals surface area contributed by atoms with E-state index in [4.69, 9.17) is 14.2 Å². The number of amides is 2. The van der Waals surface area contributed by atoms with Crippen LogP contribution in [-0.4, -0.2) is 40.8 Å². The first-order valence-electron chi connectivity index (χ1n) is 8.30. The number of benzene rings is 1. The van der Waals surface area contributed by atoms with Crippen molar-refractivity contribution in [3.8, 4) is 0 Å². The molecule has 0 aromatic heterocycles. The second-order valence-corrected chi connectivity index (χ2v) is 7.69. The van der Waals surface area contributed by atoms with Gasteiger partial charge in [-0.2, -0.15) is 0 Å². The molecule has 0 aliphatic rings. The van der Waals surface area contributed by atoms with Gasteiger partial charge in [0.05, 0.1) is 0 Å². The van der Waals surface area contributed by atoms with E-state index in [1.165, 1.54) is 0 Å². The van der Waals surface area contributed by atoms with Gasteiger partial charge in [0.15, 0.2) is 0 Å². The quantitative estimate of drug-likeness (QED) is 0.594. The van der Waals surface area contributed by atoms with Crippen LogP contribution < -0.4 is 0 Å². The molecule has 0 aliphatic carbocycles. The molecule has 0 aliphatic heterocycles. The Hall–Kier alpha value is -2.57. The van der Waals surface area contributed by atoms with Crippen LogP contribution in [0.2, 0.25) is 0 Å². The SMILES string of the molecule is CC(C)(C)OC(=O)N(CC(=O)OCc1ccccc1)C(=O)OC(C)(C)C. The zero-order valence-corrected chi connectivity index (χ0v) is 16.2. The maximum Gasteiger partial charge on any atom is 0.420 e. The monoisotopic (exact) mass is 365 g/mol. The number of esters is 1. The largest absolute Gasteiger partial charge is 0.459 e. The van der Waals surface area contributed by atoms with Gasteiger partial charge in [-0.1, -0.05) is 30.3 Å². The van der Waals surface area contributed by atoms with Crippen molar-refractivity contribution in [1.82, 2.24) is 4.90 Å². The summed E-state index contributed by atoms with van der Waals surface area (Å²) in [6.45, 7) is 9.39. The van der Waals surface area contributed by atoms with Crippen LogP contribution in [0.5, 0.6) is 0 Å². The van der Waals surface area contributed by atoms with Crippen molar-refractivity contribution >= 4 is 18.2 Å². The van der Waals surface area contributed by atoms with Crippen molar-refractivity contribution in [1.29, 1.82) is 0 Å². The fraction of sp³-hybridized carbons (Fsp3) is 0.526. The van der Waals surface area contributed by atoms with Crippen LogP contribution in [0.15, 0.2) is 30.3 Å². The first-order chi connectivity index (χ1) is 11.9. The standard InChI is InChI=1S/C19H27NO6/c1-18(2,3)25-16(22)20(17(23)26-19(4,5)6)12-15(21)24-13-14-10-8-7-9-11-14/h7-11H,12-13H2,1-6H3. The number of carbonyl (C=O) groups is 3. The third-order valence-corrected chi connectivity index (χ3v) is 2.76. The molecule has 0 radical (unpaired) electrons. The first kappa shape index (κ1) is 21.5. The molecule has 0 spiro atoms. The molecule has 7 nitrogen and oxygen atoms in total. The van der Waals surface area contributed by atoms with E-state index < -0.39 is 35.9 Å². The maximum atomic E-state index is 12.3. The molecule has 0 bridgehead atoms. The molecule has 0 N–H and O–H groups in total. The highest BCUT2D eigenvalue weighted by molar-refractivity contribution is 5.92. The summed E-state index contributed by atoms with van der Waals surface area (Å²) in [5, 5.41) is 0. The number of rotatable bonds is 4. The van der Waals surface area contributed by atoms with E-state index in [9.17, 15) is 14.4 Å². The first-order valence-corrected chi connectivity index (χ1v) is 8.30. The van der Waals surface area contributed by atoms with E-state index in [1.54, 1.807) is 53.7 Å². The van der Waals surface area contributed by atoms with Crippen LogP contribution >= 0.6 is 0 Å². The van der Waals surface area contributed by atoms with Crippen molar-refractivity contribution in [2.75, 3.05) is 6.54 Å². The van der Waals surface area contributed by atoms with Gasteiger partial charge >= 0.3 is 18.2 Å². The highest BCUT2D eigenvalue weighted by atomic mass is 16.6. The lowest BCUT2D eigenvalue weighted by molar-refractivity contribution is -0.146. The van der Waals surface area contributed by atoms with Gasteiger partial charge in [0.2, 0.25) is 0 Å². The van der Waals surface area contributed by atoms with Crippen molar-refractivity contribution in [2.24, 2.45) is 0 Å². The Labute approximate surface area is 154 Å². The van der Waals surface area contributed by atoms with Crippen LogP contribution in [-0.2, 0) is 25.6 Å². The molecule has 144 valence electrons. The molecule has 2 amide bonds. The predicted octanol–water partition coefficient (Wildman–Crippen LogP) is 3.90. The molecule has 26 heavy (non-hydrogen) atoms. The Balaban J connectivity index is 2.78. The summed E-state index contributed by atoms with van der Waals surface area (Å²) in [4.78, 5) is 37.3. The molecule has 1 aromatic rings. The molecule has 0 unspecified atom stereocenters. The summed E-state index contributed by atoms with van der Waals surface area (Å²) in [7, 11) is 0. The molecule has 7 heteroatoms. The van der Waals surface area contributed by atoms with E-state index in [0.717, 1.165) is 5.56 Å². The molecule has 0 heterocycles. The minimum atomic E-state index is -0.969. The lowest BCUT2D eigenvalue weighted by Crippen LogP contribution is -2.46. The second-order valence-electron chi connectivity index (χ2n) is 7.69. The van der Waals surface area contributed by atoms with Gasteiger partial charge in [-0.15, -0.1) is 0 Å². The van der Waals surface area contributed by atoms with Crippen LogP contribution in [0.1, 0.15) is 47.1 Å². The number of hydrogen-bond acceptors (Lipinski definition) is 6. The Morgan fingerprint density at radius 1 is 0.846 bits per heavy atom. The number of imide groups is 1. The fourth-order valence-corrected chi connectivity index (χ4v) is 1.75. The van der Waals surface area contributed by atoms with Crippen LogP contribution in [0.4, 0.5) is 9.59 Å². The number of hydrogen-bond donors (Lipinski definition) is 0. The van der Waals surface area contributed by atoms with E-state index in [0.29, 0.717) is 4.90 Å². The van der Waals surface area contributed by atoms with Crippen LogP contribution in [0.25, 0.3) is 0 Å². The van der Waals surface area contributed by atoms with Crippen molar-refractivity contribution < 1.29 is 28.6 Å². The summed E-state index contributed by atoms with van der Waals surface area (Å²) < 4.78 is 15.5. The minimum absolute atomic E-state index is 0.0378. The van der Waals surface area contributed by atoms with E-state index in [2.05, 4.69) is 0 Å². The fourth-order valence-electron chi connectivity index (χ4n) is 1.75. The third-order valence-electron chi connectivity index (χ3n) is 2.76. The maximum absolute atomic E-state index is 12.3. The molecular formula is C19H27NO6. The van der Waals surface area contributed by atoms with E-state index in [1.807, 2.05) is 18.2 Å². The second kappa shape index (κ2) is 8.69. The Bertz CT molecular complexity index is 600. The topological polar surface area (TPSA) is 82.1 Å². The van der Waals surface area contributed by atoms with Gasteiger partial charge in [-0.25, -0.2) is 14.5 Å². The average Bonchev–Trinajstić information content (AvgIpc) is 2.48. The van der Waals surface area contributed by atoms with Crippen molar-refractivity contribution in [3.05, 3.63) is 35.9 Å². The lowest BCUT2D eigenvalue weighted by atomic mass is 10.2. The summed E-state index contributed by atoms with van der Waals surface area (Å²) >= 11 is 0. The minimum Gasteiger partial charge on any atom is -0.459 e. The third kappa shape index (κ3) is 8.50. The molecule has 0 saturated carbocycles. The zero-order chi connectivity index (χ0) is 20.0. The zero-order valence-electron chi connectivity index (χ0n) is 16.2. The summed E-state index contributed by atoms with van der Waals surface area (Å²) in [5.74, 6) is -0.745. The Morgan fingerprint density at radius 2 is 1.31 bits per heavy atom. The summed E-state index contributed by atoms with van der Waals surface area (Å²) in [5.41, 5.74) is -0.863. The van der Waals surface area contributed by atoms with E-state index in [-0.39, 0.29) is 6.61 Å². The van der Waals surface area contributed by atoms with Crippen molar-refractivity contribution in [2.45, 2.75) is 59.4 Å². The molecule has 1 rings (SSSR count). The van der Waals surface area contributed by atoms with Crippen LogP contribution in [0, 0.1) is 0 Å².